The molecule has 2 heterocycles. The lowest BCUT2D eigenvalue weighted by Crippen LogP contribution is -2.21. The Kier molecular flexibility index (Phi) is 2.68. The van der Waals surface area contributed by atoms with E-state index in [1.807, 2.05) is 18.2 Å². The molecule has 1 aliphatic heterocycles. The molecule has 2 amide bonds. The molecule has 0 aliphatic carbocycles. The molecule has 0 atom stereocenters. The Morgan fingerprint density at radius 3 is 2.70 bits per heavy atom. The van der Waals surface area contributed by atoms with E-state index in [-0.39, 0.29) is 11.5 Å². The van der Waals surface area contributed by atoms with Crippen molar-refractivity contribution in [2.24, 2.45) is 0 Å². The number of carbonyl (C=O) groups excluding carboxylic acids is 2. The number of hydrogen-bond donors (Lipinski definition) is 2. The summed E-state index contributed by atoms with van der Waals surface area (Å²) in [4.78, 5) is 23.1. The Bertz CT molecular complexity index is 784. The molecule has 3 rings (SSSR count). The Labute approximate surface area is 114 Å². The molecule has 0 radical (unpaired) electrons. The van der Waals surface area contributed by atoms with E-state index in [4.69, 9.17) is 0 Å². The van der Waals surface area contributed by atoms with E-state index in [9.17, 15) is 14.7 Å². The average molecular weight is 268 g/mol. The molecule has 20 heavy (non-hydrogen) atoms. The highest BCUT2D eigenvalue weighted by atomic mass is 16.3. The molecular formula is C15H12N2O3. The van der Waals surface area contributed by atoms with E-state index in [0.717, 1.165) is 10.9 Å². The van der Waals surface area contributed by atoms with Crippen LogP contribution in [0.4, 0.5) is 0 Å². The summed E-state index contributed by atoms with van der Waals surface area (Å²) in [5.74, 6) is -1.00. The number of allylic oxidation sites excluding steroid dienone is 1. The summed E-state index contributed by atoms with van der Waals surface area (Å²) >= 11 is 0. The molecule has 5 nitrogen and oxygen atoms in total. The molecule has 2 aromatic rings. The first-order valence-corrected chi connectivity index (χ1v) is 6.12. The van der Waals surface area contributed by atoms with Gasteiger partial charge in [-0.1, -0.05) is 24.3 Å². The molecule has 5 heteroatoms. The zero-order valence-corrected chi connectivity index (χ0v) is 10.6. The van der Waals surface area contributed by atoms with Crippen LogP contribution in [-0.4, -0.2) is 21.5 Å². The van der Waals surface area contributed by atoms with Gasteiger partial charge in [0, 0.05) is 18.0 Å². The van der Waals surface area contributed by atoms with E-state index in [1.165, 1.54) is 6.08 Å². The fourth-order valence-corrected chi connectivity index (χ4v) is 2.47. The van der Waals surface area contributed by atoms with Gasteiger partial charge in [-0.05, 0) is 6.07 Å². The quantitative estimate of drug-likeness (QED) is 0.655. The van der Waals surface area contributed by atoms with E-state index in [2.05, 4.69) is 11.9 Å². The van der Waals surface area contributed by atoms with Crippen LogP contribution in [0.5, 0.6) is 5.88 Å². The molecule has 100 valence electrons. The second kappa shape index (κ2) is 4.38. The fraction of sp³-hybridized carbons (Fsp3) is 0.0667. The van der Waals surface area contributed by atoms with Crippen LogP contribution in [0.1, 0.15) is 5.56 Å². The lowest BCUT2D eigenvalue weighted by Gasteiger charge is -2.03. The maximum absolute atomic E-state index is 11.8. The number of rotatable bonds is 3. The van der Waals surface area contributed by atoms with E-state index in [0.29, 0.717) is 12.1 Å². The molecule has 1 aliphatic rings. The number of aromatic hydroxyl groups is 1. The predicted molar refractivity (Wildman–Crippen MR) is 74.9 cm³/mol. The minimum atomic E-state index is -0.494. The molecule has 1 aromatic carbocycles. The number of nitrogens with one attached hydrogen (secondary N) is 1. The molecule has 0 saturated heterocycles. The van der Waals surface area contributed by atoms with Crippen LogP contribution >= 0.6 is 0 Å². The Morgan fingerprint density at radius 2 is 2.05 bits per heavy atom. The minimum Gasteiger partial charge on any atom is -0.494 e. The van der Waals surface area contributed by atoms with Crippen molar-refractivity contribution < 1.29 is 14.7 Å². The van der Waals surface area contributed by atoms with Gasteiger partial charge in [-0.3, -0.25) is 14.9 Å². The molecular weight excluding hydrogens is 256 g/mol. The van der Waals surface area contributed by atoms with Gasteiger partial charge in [0.2, 0.25) is 5.88 Å². The smallest absolute Gasteiger partial charge is 0.259 e. The molecule has 2 N–H and O–H groups in total. The zero-order chi connectivity index (χ0) is 14.3. The van der Waals surface area contributed by atoms with E-state index < -0.39 is 11.8 Å². The highest BCUT2D eigenvalue weighted by Crippen LogP contribution is 2.37. The van der Waals surface area contributed by atoms with Crippen molar-refractivity contribution >= 4 is 28.3 Å². The van der Waals surface area contributed by atoms with Gasteiger partial charge in [0.25, 0.3) is 11.8 Å². The van der Waals surface area contributed by atoms with Gasteiger partial charge in [0.05, 0.1) is 16.7 Å². The monoisotopic (exact) mass is 268 g/mol. The maximum Gasteiger partial charge on any atom is 0.259 e. The summed E-state index contributed by atoms with van der Waals surface area (Å²) in [6, 6.07) is 7.32. The Balaban J connectivity index is 2.33. The Morgan fingerprint density at radius 1 is 1.30 bits per heavy atom. The van der Waals surface area contributed by atoms with E-state index in [1.54, 1.807) is 16.7 Å². The predicted octanol–water partition coefficient (Wildman–Crippen LogP) is 1.57. The number of para-hydroxylation sites is 1. The molecule has 0 spiro atoms. The van der Waals surface area contributed by atoms with Gasteiger partial charge < -0.3 is 9.67 Å². The number of imide groups is 1. The standard InChI is InChI=1S/C15H12N2O3/c1-2-7-17-11-6-4-3-5-9(11)13(15(17)20)10-8-12(18)16-14(10)19/h2-6,8,20H,1,7H2,(H,16,18,19). The van der Waals surface area contributed by atoms with E-state index >= 15 is 0 Å². The number of amides is 2. The van der Waals surface area contributed by atoms with Crippen molar-refractivity contribution in [1.82, 2.24) is 9.88 Å². The lowest BCUT2D eigenvalue weighted by molar-refractivity contribution is -0.123. The number of nitrogens with zero attached hydrogens (tertiary/aromatic N) is 1. The second-order valence-electron chi connectivity index (χ2n) is 4.49. The van der Waals surface area contributed by atoms with Crippen LogP contribution in [-0.2, 0) is 16.1 Å². The molecule has 0 saturated carbocycles. The van der Waals surface area contributed by atoms with Crippen LogP contribution in [0.3, 0.4) is 0 Å². The third kappa shape index (κ3) is 1.64. The van der Waals surface area contributed by atoms with Crippen LogP contribution in [0, 0.1) is 0 Å². The van der Waals surface area contributed by atoms with Gasteiger partial charge in [-0.15, -0.1) is 6.58 Å². The van der Waals surface area contributed by atoms with Gasteiger partial charge in [-0.2, -0.15) is 0 Å². The topological polar surface area (TPSA) is 71.3 Å². The summed E-state index contributed by atoms with van der Waals surface area (Å²) < 4.78 is 1.65. The largest absolute Gasteiger partial charge is 0.494 e. The summed E-state index contributed by atoms with van der Waals surface area (Å²) in [6.07, 6.45) is 2.87. The molecule has 0 bridgehead atoms. The first-order chi connectivity index (χ1) is 9.63. The number of fused-ring (bicyclic) bond motifs is 1. The van der Waals surface area contributed by atoms with Crippen LogP contribution in [0.15, 0.2) is 43.0 Å². The lowest BCUT2D eigenvalue weighted by atomic mass is 10.0. The highest BCUT2D eigenvalue weighted by Gasteiger charge is 2.28. The van der Waals surface area contributed by atoms with Crippen LogP contribution in [0.25, 0.3) is 16.5 Å². The van der Waals surface area contributed by atoms with Gasteiger partial charge in [0.15, 0.2) is 0 Å². The van der Waals surface area contributed by atoms with Gasteiger partial charge >= 0.3 is 0 Å². The normalized spacial score (nSPS) is 14.5. The second-order valence-corrected chi connectivity index (χ2v) is 4.49. The number of benzene rings is 1. The van der Waals surface area contributed by atoms with Crippen molar-refractivity contribution in [1.29, 1.82) is 0 Å². The van der Waals surface area contributed by atoms with Crippen molar-refractivity contribution in [2.45, 2.75) is 6.54 Å². The van der Waals surface area contributed by atoms with Gasteiger partial charge in [0.1, 0.15) is 0 Å². The third-order valence-corrected chi connectivity index (χ3v) is 3.28. The van der Waals surface area contributed by atoms with Crippen molar-refractivity contribution in [2.75, 3.05) is 0 Å². The van der Waals surface area contributed by atoms with Gasteiger partial charge in [-0.25, -0.2) is 0 Å². The SMILES string of the molecule is C=CCn1c(O)c(C2=CC(=O)NC2=O)c2ccccc21. The first kappa shape index (κ1) is 12.2. The van der Waals surface area contributed by atoms with Crippen molar-refractivity contribution in [3.8, 4) is 5.88 Å². The summed E-state index contributed by atoms with van der Waals surface area (Å²) in [5, 5.41) is 13.3. The maximum atomic E-state index is 11.8. The highest BCUT2D eigenvalue weighted by molar-refractivity contribution is 6.35. The fourth-order valence-electron chi connectivity index (χ4n) is 2.47. The minimum absolute atomic E-state index is 0.0396. The molecule has 0 unspecified atom stereocenters. The van der Waals surface area contributed by atoms with Crippen LogP contribution in [0.2, 0.25) is 0 Å². The summed E-state index contributed by atoms with van der Waals surface area (Å²) in [5.41, 5.74) is 1.35. The number of hydrogen-bond acceptors (Lipinski definition) is 3. The third-order valence-electron chi connectivity index (χ3n) is 3.28. The van der Waals surface area contributed by atoms with Crippen LogP contribution < -0.4 is 5.32 Å². The summed E-state index contributed by atoms with van der Waals surface area (Å²) in [6.45, 7) is 4.07. The molecule has 0 fully saturated rings. The number of carbonyl (C=O) groups is 2. The first-order valence-electron chi connectivity index (χ1n) is 6.12. The average Bonchev–Trinajstić information content (AvgIpc) is 2.88. The summed E-state index contributed by atoms with van der Waals surface area (Å²) in [7, 11) is 0. The molecule has 1 aromatic heterocycles. The zero-order valence-electron chi connectivity index (χ0n) is 10.6. The van der Waals surface area contributed by atoms with Crippen molar-refractivity contribution in [3.05, 3.63) is 48.6 Å². The van der Waals surface area contributed by atoms with Crippen molar-refractivity contribution in [3.63, 3.8) is 0 Å². The Hall–Kier alpha value is -2.82. The number of aromatic nitrogens is 1.